The third-order valence-corrected chi connectivity index (χ3v) is 3.17. The molecule has 0 aliphatic heterocycles. The molecule has 0 spiro atoms. The normalized spacial score (nSPS) is 12.8. The zero-order valence-electron chi connectivity index (χ0n) is 12.4. The lowest BCUT2D eigenvalue weighted by Crippen LogP contribution is -2.33. The van der Waals surface area contributed by atoms with E-state index in [0.29, 0.717) is 6.54 Å². The molecule has 0 fully saturated rings. The number of hydrogen-bond donors (Lipinski definition) is 2. The van der Waals surface area contributed by atoms with Gasteiger partial charge in [0.15, 0.2) is 0 Å². The minimum atomic E-state index is 0.113. The summed E-state index contributed by atoms with van der Waals surface area (Å²) in [5.41, 5.74) is 0. The molecule has 0 radical (unpaired) electrons. The Bertz CT molecular complexity index is 153. The molecule has 0 rings (SSSR count). The molecule has 1 atom stereocenters. The first-order valence-electron chi connectivity index (χ1n) is 7.81. The van der Waals surface area contributed by atoms with Crippen LogP contribution in [0.2, 0.25) is 0 Å². The van der Waals surface area contributed by atoms with Crippen LogP contribution in [0.1, 0.15) is 71.6 Å². The van der Waals surface area contributed by atoms with Crippen molar-refractivity contribution in [2.75, 3.05) is 19.8 Å². The van der Waals surface area contributed by atoms with Crippen molar-refractivity contribution in [3.63, 3.8) is 0 Å². The average Bonchev–Trinajstić information content (AvgIpc) is 2.40. The predicted octanol–water partition coefficient (Wildman–Crippen LogP) is 3.46. The van der Waals surface area contributed by atoms with E-state index in [1.54, 1.807) is 0 Å². The highest BCUT2D eigenvalue weighted by molar-refractivity contribution is 4.53. The fourth-order valence-electron chi connectivity index (χ4n) is 2.01. The van der Waals surface area contributed by atoms with Crippen LogP contribution in [-0.4, -0.2) is 31.1 Å². The molecule has 0 saturated heterocycles. The number of aliphatic hydroxyl groups excluding tert-OH is 1. The monoisotopic (exact) mass is 259 g/mol. The second-order valence-corrected chi connectivity index (χ2v) is 4.92. The van der Waals surface area contributed by atoms with E-state index in [1.807, 2.05) is 0 Å². The van der Waals surface area contributed by atoms with Crippen molar-refractivity contribution in [1.82, 2.24) is 5.32 Å². The molecule has 18 heavy (non-hydrogen) atoms. The summed E-state index contributed by atoms with van der Waals surface area (Å²) in [7, 11) is 0. The molecule has 0 aromatic rings. The molecule has 2 N–H and O–H groups in total. The molecule has 0 saturated carbocycles. The van der Waals surface area contributed by atoms with Crippen LogP contribution >= 0.6 is 0 Å². The summed E-state index contributed by atoms with van der Waals surface area (Å²) in [5.74, 6) is 0. The fourth-order valence-corrected chi connectivity index (χ4v) is 2.01. The van der Waals surface area contributed by atoms with Crippen LogP contribution in [0, 0.1) is 0 Å². The van der Waals surface area contributed by atoms with Crippen molar-refractivity contribution in [3.8, 4) is 0 Å². The molecule has 0 bridgehead atoms. The lowest BCUT2D eigenvalue weighted by molar-refractivity contribution is 0.0223. The summed E-state index contributed by atoms with van der Waals surface area (Å²) < 4.78 is 5.72. The SMILES string of the molecule is CCCCCCCCCCOC(CC)NCCO. The maximum atomic E-state index is 8.72. The molecule has 3 heteroatoms. The van der Waals surface area contributed by atoms with Gasteiger partial charge in [-0.25, -0.2) is 0 Å². The Hall–Kier alpha value is -0.120. The smallest absolute Gasteiger partial charge is 0.107 e. The summed E-state index contributed by atoms with van der Waals surface area (Å²) in [6, 6.07) is 0. The van der Waals surface area contributed by atoms with E-state index in [-0.39, 0.29) is 12.8 Å². The van der Waals surface area contributed by atoms with E-state index in [0.717, 1.165) is 19.4 Å². The third kappa shape index (κ3) is 12.3. The van der Waals surface area contributed by atoms with Crippen LogP contribution < -0.4 is 5.32 Å². The zero-order chi connectivity index (χ0) is 13.5. The van der Waals surface area contributed by atoms with Crippen LogP contribution in [-0.2, 0) is 4.74 Å². The largest absolute Gasteiger partial charge is 0.395 e. The van der Waals surface area contributed by atoms with Gasteiger partial charge in [-0.05, 0) is 12.8 Å². The van der Waals surface area contributed by atoms with Crippen molar-refractivity contribution in [2.45, 2.75) is 77.9 Å². The minimum Gasteiger partial charge on any atom is -0.395 e. The van der Waals surface area contributed by atoms with Gasteiger partial charge in [-0.3, -0.25) is 5.32 Å². The summed E-state index contributed by atoms with van der Waals surface area (Å²) in [6.07, 6.45) is 11.7. The Balaban J connectivity index is 3.17. The van der Waals surface area contributed by atoms with E-state index in [1.165, 1.54) is 44.9 Å². The summed E-state index contributed by atoms with van der Waals surface area (Å²) in [5, 5.41) is 11.9. The number of nitrogens with one attached hydrogen (secondary N) is 1. The number of ether oxygens (including phenoxy) is 1. The van der Waals surface area contributed by atoms with Crippen molar-refractivity contribution >= 4 is 0 Å². The third-order valence-electron chi connectivity index (χ3n) is 3.17. The van der Waals surface area contributed by atoms with Crippen LogP contribution in [0.5, 0.6) is 0 Å². The number of unbranched alkanes of at least 4 members (excludes halogenated alkanes) is 7. The first-order chi connectivity index (χ1) is 8.85. The van der Waals surface area contributed by atoms with Crippen LogP contribution in [0.4, 0.5) is 0 Å². The summed E-state index contributed by atoms with van der Waals surface area (Å²) in [6.45, 7) is 5.99. The number of aliphatic hydroxyl groups is 1. The van der Waals surface area contributed by atoms with Gasteiger partial charge in [0.2, 0.25) is 0 Å². The lowest BCUT2D eigenvalue weighted by Gasteiger charge is -2.17. The molecule has 0 aliphatic carbocycles. The van der Waals surface area contributed by atoms with E-state index in [9.17, 15) is 0 Å². The molecule has 0 aromatic heterocycles. The van der Waals surface area contributed by atoms with Crippen molar-refractivity contribution in [3.05, 3.63) is 0 Å². The predicted molar refractivity (Wildman–Crippen MR) is 77.7 cm³/mol. The van der Waals surface area contributed by atoms with Gasteiger partial charge in [0, 0.05) is 13.2 Å². The molecule has 0 amide bonds. The second-order valence-electron chi connectivity index (χ2n) is 4.92. The summed E-state index contributed by atoms with van der Waals surface area (Å²) in [4.78, 5) is 0. The van der Waals surface area contributed by atoms with Gasteiger partial charge in [0.25, 0.3) is 0 Å². The standard InChI is InChI=1S/C15H33NO2/c1-3-5-6-7-8-9-10-11-14-18-15(4-2)16-12-13-17/h15-17H,3-14H2,1-2H3. The van der Waals surface area contributed by atoms with Crippen molar-refractivity contribution in [2.24, 2.45) is 0 Å². The molecule has 3 nitrogen and oxygen atoms in total. The maximum Gasteiger partial charge on any atom is 0.107 e. The second kappa shape index (κ2) is 14.9. The van der Waals surface area contributed by atoms with Crippen LogP contribution in [0.3, 0.4) is 0 Å². The minimum absolute atomic E-state index is 0.113. The van der Waals surface area contributed by atoms with Gasteiger partial charge < -0.3 is 9.84 Å². The van der Waals surface area contributed by atoms with E-state index in [2.05, 4.69) is 19.2 Å². The molecule has 110 valence electrons. The molecule has 0 heterocycles. The molecule has 1 unspecified atom stereocenters. The first kappa shape index (κ1) is 17.9. The fraction of sp³-hybridized carbons (Fsp3) is 1.00. The Morgan fingerprint density at radius 1 is 0.944 bits per heavy atom. The Kier molecular flexibility index (Phi) is 14.8. The van der Waals surface area contributed by atoms with Gasteiger partial charge in [0.1, 0.15) is 6.23 Å². The highest BCUT2D eigenvalue weighted by atomic mass is 16.5. The van der Waals surface area contributed by atoms with Gasteiger partial charge in [-0.2, -0.15) is 0 Å². The van der Waals surface area contributed by atoms with Gasteiger partial charge in [-0.1, -0.05) is 58.8 Å². The van der Waals surface area contributed by atoms with Crippen LogP contribution in [0.15, 0.2) is 0 Å². The molecular weight excluding hydrogens is 226 g/mol. The molecular formula is C15H33NO2. The maximum absolute atomic E-state index is 8.72. The average molecular weight is 259 g/mol. The highest BCUT2D eigenvalue weighted by Crippen LogP contribution is 2.08. The number of hydrogen-bond acceptors (Lipinski definition) is 3. The van der Waals surface area contributed by atoms with E-state index in [4.69, 9.17) is 9.84 Å². The van der Waals surface area contributed by atoms with Crippen LogP contribution in [0.25, 0.3) is 0 Å². The zero-order valence-corrected chi connectivity index (χ0v) is 12.4. The summed E-state index contributed by atoms with van der Waals surface area (Å²) >= 11 is 0. The Morgan fingerprint density at radius 2 is 1.56 bits per heavy atom. The van der Waals surface area contributed by atoms with E-state index < -0.39 is 0 Å². The van der Waals surface area contributed by atoms with E-state index >= 15 is 0 Å². The topological polar surface area (TPSA) is 41.5 Å². The Morgan fingerprint density at radius 3 is 2.11 bits per heavy atom. The van der Waals surface area contributed by atoms with Crippen molar-refractivity contribution < 1.29 is 9.84 Å². The Labute approximate surface area is 113 Å². The first-order valence-corrected chi connectivity index (χ1v) is 7.81. The lowest BCUT2D eigenvalue weighted by atomic mass is 10.1. The molecule has 0 aliphatic rings. The quantitative estimate of drug-likeness (QED) is 0.371. The van der Waals surface area contributed by atoms with Crippen molar-refractivity contribution in [1.29, 1.82) is 0 Å². The number of rotatable bonds is 14. The molecule has 0 aromatic carbocycles. The van der Waals surface area contributed by atoms with Gasteiger partial charge in [0.05, 0.1) is 6.61 Å². The van der Waals surface area contributed by atoms with Gasteiger partial charge >= 0.3 is 0 Å². The van der Waals surface area contributed by atoms with Gasteiger partial charge in [-0.15, -0.1) is 0 Å². The highest BCUT2D eigenvalue weighted by Gasteiger charge is 2.03.